The van der Waals surface area contributed by atoms with Gasteiger partial charge in [-0.2, -0.15) is 4.31 Å². The van der Waals surface area contributed by atoms with Gasteiger partial charge >= 0.3 is 0 Å². The molecule has 0 saturated carbocycles. The van der Waals surface area contributed by atoms with Gasteiger partial charge in [0.15, 0.2) is 0 Å². The maximum absolute atomic E-state index is 13.4. The van der Waals surface area contributed by atoms with Crippen LogP contribution in [-0.4, -0.2) is 43.3 Å². The lowest BCUT2D eigenvalue weighted by Crippen LogP contribution is -2.48. The Morgan fingerprint density at radius 1 is 0.969 bits per heavy atom. The van der Waals surface area contributed by atoms with Crippen molar-refractivity contribution in [2.24, 2.45) is 5.92 Å². The zero-order valence-corrected chi connectivity index (χ0v) is 20.0. The zero-order valence-electron chi connectivity index (χ0n) is 19.2. The van der Waals surface area contributed by atoms with Gasteiger partial charge in [0.2, 0.25) is 10.0 Å². The van der Waals surface area contributed by atoms with Crippen LogP contribution >= 0.6 is 0 Å². The molecule has 2 aromatic rings. The molecule has 5 nitrogen and oxygen atoms in total. The van der Waals surface area contributed by atoms with E-state index in [1.165, 1.54) is 0 Å². The molecule has 0 radical (unpaired) electrons. The molecule has 2 fully saturated rings. The van der Waals surface area contributed by atoms with Crippen LogP contribution in [-0.2, 0) is 27.7 Å². The van der Waals surface area contributed by atoms with Crippen LogP contribution in [0.3, 0.4) is 0 Å². The van der Waals surface area contributed by atoms with Gasteiger partial charge in [-0.05, 0) is 75.1 Å². The van der Waals surface area contributed by atoms with E-state index in [1.54, 1.807) is 4.31 Å². The molecule has 2 aliphatic rings. The van der Waals surface area contributed by atoms with Crippen LogP contribution in [0.25, 0.3) is 0 Å². The molecule has 2 saturated heterocycles. The lowest BCUT2D eigenvalue weighted by atomic mass is 9.95. The van der Waals surface area contributed by atoms with E-state index in [0.717, 1.165) is 49.4 Å². The molecule has 0 aromatic heterocycles. The van der Waals surface area contributed by atoms with E-state index in [2.05, 4.69) is 6.92 Å². The first kappa shape index (κ1) is 23.3. The monoisotopic (exact) mass is 457 g/mol. The largest absolute Gasteiger partial charge is 0.490 e. The lowest BCUT2D eigenvalue weighted by Gasteiger charge is -2.37. The molecule has 0 aliphatic carbocycles. The van der Waals surface area contributed by atoms with Crippen molar-refractivity contribution in [3.05, 3.63) is 65.7 Å². The van der Waals surface area contributed by atoms with Crippen molar-refractivity contribution in [3.63, 3.8) is 0 Å². The Morgan fingerprint density at radius 2 is 1.66 bits per heavy atom. The summed E-state index contributed by atoms with van der Waals surface area (Å²) in [5, 5.41) is -0.357. The van der Waals surface area contributed by atoms with Crippen molar-refractivity contribution >= 4 is 10.0 Å². The van der Waals surface area contributed by atoms with Gasteiger partial charge in [0.05, 0.1) is 11.4 Å². The third-order valence-electron chi connectivity index (χ3n) is 6.97. The maximum Gasteiger partial charge on any atom is 0.217 e. The number of sulfonamides is 1. The van der Waals surface area contributed by atoms with Crippen molar-refractivity contribution in [2.45, 2.75) is 69.9 Å². The molecule has 4 rings (SSSR count). The fraction of sp³-hybridized carbons (Fsp3) is 0.538. The summed E-state index contributed by atoms with van der Waals surface area (Å²) in [6.07, 6.45) is 4.39. The quantitative estimate of drug-likeness (QED) is 0.599. The zero-order chi connectivity index (χ0) is 22.6. The topological polar surface area (TPSA) is 55.8 Å². The Hall–Kier alpha value is -1.89. The van der Waals surface area contributed by atoms with Gasteiger partial charge in [0.1, 0.15) is 5.75 Å². The van der Waals surface area contributed by atoms with Gasteiger partial charge in [-0.1, -0.05) is 42.5 Å². The highest BCUT2D eigenvalue weighted by Crippen LogP contribution is 2.31. The van der Waals surface area contributed by atoms with Crippen molar-refractivity contribution < 1.29 is 17.9 Å². The van der Waals surface area contributed by atoms with Gasteiger partial charge in [-0.15, -0.1) is 0 Å². The predicted molar refractivity (Wildman–Crippen MR) is 127 cm³/mol. The van der Waals surface area contributed by atoms with E-state index >= 15 is 0 Å². The van der Waals surface area contributed by atoms with Crippen LogP contribution in [0.15, 0.2) is 54.6 Å². The number of hydrogen-bond acceptors (Lipinski definition) is 4. The molecule has 32 heavy (non-hydrogen) atoms. The van der Waals surface area contributed by atoms with Crippen LogP contribution in [0.5, 0.6) is 5.75 Å². The van der Waals surface area contributed by atoms with Crippen molar-refractivity contribution in [2.75, 3.05) is 13.2 Å². The molecular weight excluding hydrogens is 422 g/mol. The summed E-state index contributed by atoms with van der Waals surface area (Å²) in [7, 11) is -3.36. The normalized spacial score (nSPS) is 25.3. The Bertz CT molecular complexity index is 955. The molecule has 2 heterocycles. The Kier molecular flexibility index (Phi) is 7.54. The summed E-state index contributed by atoms with van der Waals surface area (Å²) in [4.78, 5) is 0. The summed E-state index contributed by atoms with van der Waals surface area (Å²) < 4.78 is 40.1. The van der Waals surface area contributed by atoms with Gasteiger partial charge < -0.3 is 9.47 Å². The van der Waals surface area contributed by atoms with Crippen LogP contribution < -0.4 is 4.74 Å². The second-order valence-electron chi connectivity index (χ2n) is 9.24. The molecule has 0 bridgehead atoms. The first-order chi connectivity index (χ1) is 15.4. The molecule has 3 unspecified atom stereocenters. The molecule has 2 aromatic carbocycles. The van der Waals surface area contributed by atoms with Crippen LogP contribution in [0.4, 0.5) is 0 Å². The minimum atomic E-state index is -3.36. The third-order valence-corrected chi connectivity index (χ3v) is 9.35. The highest BCUT2D eigenvalue weighted by molar-refractivity contribution is 7.89. The number of benzene rings is 2. The van der Waals surface area contributed by atoms with E-state index < -0.39 is 10.0 Å². The molecule has 0 N–H and O–H groups in total. The van der Waals surface area contributed by atoms with E-state index in [0.29, 0.717) is 25.3 Å². The Labute approximate surface area is 192 Å². The van der Waals surface area contributed by atoms with Crippen LogP contribution in [0.1, 0.15) is 50.7 Å². The highest BCUT2D eigenvalue weighted by Gasteiger charge is 2.39. The van der Waals surface area contributed by atoms with Crippen LogP contribution in [0.2, 0.25) is 0 Å². The third kappa shape index (κ3) is 5.53. The average Bonchev–Trinajstić information content (AvgIpc) is 2.81. The minimum Gasteiger partial charge on any atom is -0.490 e. The summed E-state index contributed by atoms with van der Waals surface area (Å²) in [5.41, 5.74) is 2.07. The summed E-state index contributed by atoms with van der Waals surface area (Å²) >= 11 is 0. The van der Waals surface area contributed by atoms with Gasteiger partial charge in [0, 0.05) is 25.8 Å². The fourth-order valence-electron chi connectivity index (χ4n) is 4.84. The smallest absolute Gasteiger partial charge is 0.217 e. The Balaban J connectivity index is 1.40. The predicted octanol–water partition coefficient (Wildman–Crippen LogP) is 4.81. The maximum atomic E-state index is 13.4. The first-order valence-corrected chi connectivity index (χ1v) is 13.3. The highest BCUT2D eigenvalue weighted by atomic mass is 32.2. The molecule has 6 heteroatoms. The van der Waals surface area contributed by atoms with Gasteiger partial charge in [0.25, 0.3) is 0 Å². The molecule has 174 valence electrons. The lowest BCUT2D eigenvalue weighted by molar-refractivity contribution is 0.0239. The van der Waals surface area contributed by atoms with Crippen molar-refractivity contribution in [3.8, 4) is 5.75 Å². The minimum absolute atomic E-state index is 0.0106. The van der Waals surface area contributed by atoms with Crippen molar-refractivity contribution in [1.82, 2.24) is 4.31 Å². The Morgan fingerprint density at radius 3 is 2.34 bits per heavy atom. The molecule has 0 amide bonds. The summed E-state index contributed by atoms with van der Waals surface area (Å²) in [5.74, 6) is 1.36. The van der Waals surface area contributed by atoms with Crippen LogP contribution in [0, 0.1) is 5.92 Å². The molecular formula is C26H35NO4S. The van der Waals surface area contributed by atoms with Gasteiger partial charge in [-0.3, -0.25) is 0 Å². The first-order valence-electron chi connectivity index (χ1n) is 11.8. The number of hydrogen-bond donors (Lipinski definition) is 0. The number of rotatable bonds is 7. The fourth-order valence-corrected chi connectivity index (χ4v) is 7.00. The average molecular weight is 458 g/mol. The summed E-state index contributed by atoms with van der Waals surface area (Å²) in [6.45, 7) is 6.17. The van der Waals surface area contributed by atoms with Crippen molar-refractivity contribution in [1.29, 1.82) is 0 Å². The molecule has 0 spiro atoms. The standard InChI is InChI=1S/C26H35NO4S/c1-20-8-13-26(18-22-6-4-3-5-7-22)32(28,29)27(20)19-23-9-11-25(12-10-23)31-21(2)24-14-16-30-17-15-24/h3-7,9-12,20-21,24,26H,8,13-19H2,1-2H3. The second kappa shape index (κ2) is 10.4. The van der Waals surface area contributed by atoms with E-state index in [-0.39, 0.29) is 17.4 Å². The number of ether oxygens (including phenoxy) is 2. The van der Waals surface area contributed by atoms with E-state index in [1.807, 2.05) is 61.5 Å². The molecule has 3 atom stereocenters. The number of nitrogens with zero attached hydrogens (tertiary/aromatic N) is 1. The SMILES string of the molecule is CC(Oc1ccc(CN2C(C)CCC(Cc3ccccc3)S2(=O)=O)cc1)C1CCOCC1. The molecule has 2 aliphatic heterocycles. The second-order valence-corrected chi connectivity index (χ2v) is 11.4. The van der Waals surface area contributed by atoms with E-state index in [4.69, 9.17) is 9.47 Å². The van der Waals surface area contributed by atoms with Gasteiger partial charge in [-0.25, -0.2) is 8.42 Å². The van der Waals surface area contributed by atoms with E-state index in [9.17, 15) is 8.42 Å². The summed E-state index contributed by atoms with van der Waals surface area (Å²) in [6, 6.07) is 17.9.